The van der Waals surface area contributed by atoms with Crippen LogP contribution in [0, 0.1) is 5.92 Å². The number of ether oxygens (including phenoxy) is 2. The lowest BCUT2D eigenvalue weighted by molar-refractivity contribution is 0.0601. The van der Waals surface area contributed by atoms with E-state index < -0.39 is 5.97 Å². The van der Waals surface area contributed by atoms with Crippen LogP contribution >= 0.6 is 0 Å². The molecule has 0 bridgehead atoms. The Hall–Kier alpha value is -1.71. The average molecular weight is 263 g/mol. The van der Waals surface area contributed by atoms with Crippen LogP contribution in [-0.4, -0.2) is 19.2 Å². The molecule has 0 aliphatic heterocycles. The largest absolute Gasteiger partial charge is 0.488 e. The van der Waals surface area contributed by atoms with Crippen molar-refractivity contribution in [1.82, 2.24) is 0 Å². The normalized spacial score (nSPS) is 22.8. The van der Waals surface area contributed by atoms with E-state index in [9.17, 15) is 4.79 Å². The molecule has 0 heterocycles. The zero-order chi connectivity index (χ0) is 13.8. The number of benzene rings is 1. The maximum absolute atomic E-state index is 11.6. The number of carbonyl (C=O) groups is 1. The van der Waals surface area contributed by atoms with Gasteiger partial charge in [0, 0.05) is 0 Å². The molecular formula is C15H21NO3. The summed E-state index contributed by atoms with van der Waals surface area (Å²) in [6.07, 6.45) is 4.65. The predicted molar refractivity (Wildman–Crippen MR) is 74.2 cm³/mol. The van der Waals surface area contributed by atoms with Gasteiger partial charge in [-0.1, -0.05) is 13.0 Å². The van der Waals surface area contributed by atoms with Crippen LogP contribution in [0.1, 0.15) is 43.0 Å². The average Bonchev–Trinajstić information content (AvgIpc) is 2.43. The number of esters is 1. The van der Waals surface area contributed by atoms with Crippen molar-refractivity contribution in [2.45, 2.75) is 38.7 Å². The number of nitrogen functional groups attached to an aromatic ring is 1. The lowest BCUT2D eigenvalue weighted by Gasteiger charge is -2.27. The van der Waals surface area contributed by atoms with Crippen LogP contribution in [0.2, 0.25) is 0 Å². The summed E-state index contributed by atoms with van der Waals surface area (Å²) in [5.41, 5.74) is 6.71. The molecule has 0 amide bonds. The molecule has 4 nitrogen and oxygen atoms in total. The van der Waals surface area contributed by atoms with E-state index in [2.05, 4.69) is 6.92 Å². The first kappa shape index (κ1) is 13.7. The van der Waals surface area contributed by atoms with Gasteiger partial charge in [-0.2, -0.15) is 0 Å². The lowest BCUT2D eigenvalue weighted by atomic mass is 9.89. The van der Waals surface area contributed by atoms with Gasteiger partial charge in [0.05, 0.1) is 24.5 Å². The fourth-order valence-corrected chi connectivity index (χ4v) is 2.46. The summed E-state index contributed by atoms with van der Waals surface area (Å²) in [6.45, 7) is 2.27. The Morgan fingerprint density at radius 3 is 2.58 bits per heavy atom. The van der Waals surface area contributed by atoms with Gasteiger partial charge in [0.1, 0.15) is 5.75 Å². The topological polar surface area (TPSA) is 61.5 Å². The Morgan fingerprint density at radius 1 is 1.26 bits per heavy atom. The molecular weight excluding hydrogens is 242 g/mol. The zero-order valence-electron chi connectivity index (χ0n) is 11.5. The third-order valence-corrected chi connectivity index (χ3v) is 3.73. The third kappa shape index (κ3) is 3.19. The van der Waals surface area contributed by atoms with Crippen molar-refractivity contribution in [3.63, 3.8) is 0 Å². The van der Waals surface area contributed by atoms with Gasteiger partial charge in [-0.15, -0.1) is 0 Å². The standard InChI is InChI=1S/C15H21NO3/c1-10-6-8-11(9-7-10)19-13-5-3-4-12(14(13)16)15(17)18-2/h3-5,10-11H,6-9,16H2,1-2H3. The molecule has 1 aromatic carbocycles. The van der Waals surface area contributed by atoms with Crippen LogP contribution in [0.5, 0.6) is 5.75 Å². The van der Waals surface area contributed by atoms with E-state index in [4.69, 9.17) is 15.2 Å². The van der Waals surface area contributed by atoms with Crippen molar-refractivity contribution >= 4 is 11.7 Å². The third-order valence-electron chi connectivity index (χ3n) is 3.73. The minimum Gasteiger partial charge on any atom is -0.488 e. The first-order valence-corrected chi connectivity index (χ1v) is 6.75. The molecule has 104 valence electrons. The van der Waals surface area contributed by atoms with Crippen LogP contribution in [0.25, 0.3) is 0 Å². The number of hydrogen-bond donors (Lipinski definition) is 1. The molecule has 0 unspecified atom stereocenters. The fourth-order valence-electron chi connectivity index (χ4n) is 2.46. The molecule has 2 N–H and O–H groups in total. The predicted octanol–water partition coefficient (Wildman–Crippen LogP) is 3.01. The van der Waals surface area contributed by atoms with Crippen LogP contribution < -0.4 is 10.5 Å². The maximum atomic E-state index is 11.6. The van der Waals surface area contributed by atoms with E-state index in [1.807, 2.05) is 0 Å². The fraction of sp³-hybridized carbons (Fsp3) is 0.533. The highest BCUT2D eigenvalue weighted by atomic mass is 16.5. The van der Waals surface area contributed by atoms with Crippen molar-refractivity contribution in [2.75, 3.05) is 12.8 Å². The van der Waals surface area contributed by atoms with E-state index >= 15 is 0 Å². The number of hydrogen-bond acceptors (Lipinski definition) is 4. The Labute approximate surface area is 113 Å². The number of anilines is 1. The second-order valence-electron chi connectivity index (χ2n) is 5.21. The minimum absolute atomic E-state index is 0.200. The molecule has 4 heteroatoms. The van der Waals surface area contributed by atoms with Gasteiger partial charge in [-0.05, 0) is 43.7 Å². The molecule has 1 aliphatic rings. The van der Waals surface area contributed by atoms with E-state index in [1.165, 1.54) is 20.0 Å². The monoisotopic (exact) mass is 263 g/mol. The Morgan fingerprint density at radius 2 is 1.95 bits per heavy atom. The quantitative estimate of drug-likeness (QED) is 0.672. The highest BCUT2D eigenvalue weighted by Gasteiger charge is 2.21. The summed E-state index contributed by atoms with van der Waals surface area (Å²) in [4.78, 5) is 11.6. The van der Waals surface area contributed by atoms with Gasteiger partial charge in [-0.3, -0.25) is 0 Å². The Kier molecular flexibility index (Phi) is 4.30. The molecule has 0 atom stereocenters. The Bertz CT molecular complexity index is 451. The van der Waals surface area contributed by atoms with Gasteiger partial charge in [0.15, 0.2) is 0 Å². The van der Waals surface area contributed by atoms with E-state index in [0.29, 0.717) is 17.0 Å². The molecule has 0 saturated heterocycles. The van der Waals surface area contributed by atoms with Gasteiger partial charge < -0.3 is 15.2 Å². The van der Waals surface area contributed by atoms with Crippen LogP contribution in [-0.2, 0) is 4.74 Å². The summed E-state index contributed by atoms with van der Waals surface area (Å²) >= 11 is 0. The molecule has 0 radical (unpaired) electrons. The van der Waals surface area contributed by atoms with Crippen molar-refractivity contribution in [3.8, 4) is 5.75 Å². The molecule has 1 aliphatic carbocycles. The molecule has 1 saturated carbocycles. The van der Waals surface area contributed by atoms with Crippen molar-refractivity contribution < 1.29 is 14.3 Å². The van der Waals surface area contributed by atoms with E-state index in [0.717, 1.165) is 18.8 Å². The second-order valence-corrected chi connectivity index (χ2v) is 5.21. The van der Waals surface area contributed by atoms with Crippen LogP contribution in [0.15, 0.2) is 18.2 Å². The number of methoxy groups -OCH3 is 1. The molecule has 2 rings (SSSR count). The highest BCUT2D eigenvalue weighted by Crippen LogP contribution is 2.31. The number of para-hydroxylation sites is 1. The first-order valence-electron chi connectivity index (χ1n) is 6.75. The van der Waals surface area contributed by atoms with Crippen LogP contribution in [0.4, 0.5) is 5.69 Å². The van der Waals surface area contributed by atoms with Crippen LogP contribution in [0.3, 0.4) is 0 Å². The summed E-state index contributed by atoms with van der Waals surface area (Å²) in [6, 6.07) is 5.22. The Balaban J connectivity index is 2.10. The SMILES string of the molecule is COC(=O)c1cccc(OC2CCC(C)CC2)c1N. The van der Waals surface area contributed by atoms with Gasteiger partial charge in [0.25, 0.3) is 0 Å². The van der Waals surface area contributed by atoms with Gasteiger partial charge in [0.2, 0.25) is 0 Å². The molecule has 0 spiro atoms. The minimum atomic E-state index is -0.430. The molecule has 1 aromatic rings. The summed E-state index contributed by atoms with van der Waals surface area (Å²) < 4.78 is 10.6. The summed E-state index contributed by atoms with van der Waals surface area (Å²) in [5.74, 6) is 0.932. The zero-order valence-corrected chi connectivity index (χ0v) is 11.5. The van der Waals surface area contributed by atoms with Gasteiger partial charge >= 0.3 is 5.97 Å². The van der Waals surface area contributed by atoms with Crippen molar-refractivity contribution in [1.29, 1.82) is 0 Å². The lowest BCUT2D eigenvalue weighted by Crippen LogP contribution is -2.23. The number of rotatable bonds is 3. The smallest absolute Gasteiger partial charge is 0.340 e. The first-order chi connectivity index (χ1) is 9.11. The van der Waals surface area contributed by atoms with Crippen molar-refractivity contribution in [2.24, 2.45) is 5.92 Å². The second kappa shape index (κ2) is 5.95. The van der Waals surface area contributed by atoms with Crippen molar-refractivity contribution in [3.05, 3.63) is 23.8 Å². The maximum Gasteiger partial charge on any atom is 0.340 e. The molecule has 1 fully saturated rings. The molecule has 0 aromatic heterocycles. The highest BCUT2D eigenvalue weighted by molar-refractivity contribution is 5.96. The summed E-state index contributed by atoms with van der Waals surface area (Å²) in [7, 11) is 1.35. The van der Waals surface area contributed by atoms with E-state index in [-0.39, 0.29) is 6.10 Å². The number of nitrogens with two attached hydrogens (primary N) is 1. The molecule has 19 heavy (non-hydrogen) atoms. The summed E-state index contributed by atoms with van der Waals surface area (Å²) in [5, 5.41) is 0. The number of carbonyl (C=O) groups excluding carboxylic acids is 1. The van der Waals surface area contributed by atoms with Gasteiger partial charge in [-0.25, -0.2) is 4.79 Å². The van der Waals surface area contributed by atoms with E-state index in [1.54, 1.807) is 18.2 Å².